The maximum atomic E-state index is 11.4. The molecule has 3 aliphatic rings. The number of carbonyl (C=O) groups excluding carboxylic acids is 1. The second-order valence-electron chi connectivity index (χ2n) is 9.01. The van der Waals surface area contributed by atoms with Crippen LogP contribution in [-0.2, 0) is 16.0 Å². The van der Waals surface area contributed by atoms with Gasteiger partial charge in [0.05, 0.1) is 18.6 Å². The van der Waals surface area contributed by atoms with Crippen LogP contribution in [0.25, 0.3) is 10.2 Å². The number of aryl methyl sites for hydroxylation is 1. The van der Waals surface area contributed by atoms with E-state index in [1.807, 2.05) is 0 Å². The van der Waals surface area contributed by atoms with Crippen molar-refractivity contribution in [2.75, 3.05) is 26.3 Å². The largest absolute Gasteiger partial charge is 0.474 e. The summed E-state index contributed by atoms with van der Waals surface area (Å²) in [5.74, 6) is 0.0359. The number of hydrogen-bond donors (Lipinski definition) is 3. The van der Waals surface area contributed by atoms with Crippen molar-refractivity contribution in [3.05, 3.63) is 16.8 Å². The SMILES string of the molecule is NC(=O)[C@@H](O)C[C@H]1CCc2sc3ncnc(OC4CCC(NN5CCOCC5)CC4)c3c21. The molecule has 2 atom stereocenters. The number of thiophene rings is 1. The molecule has 1 saturated heterocycles. The molecular weight excluding hydrogens is 430 g/mol. The van der Waals surface area contributed by atoms with Gasteiger partial charge in [-0.15, -0.1) is 11.3 Å². The average Bonchev–Trinajstić information content (AvgIpc) is 3.36. The van der Waals surface area contributed by atoms with Crippen LogP contribution in [0.1, 0.15) is 54.9 Å². The van der Waals surface area contributed by atoms with Crippen LogP contribution < -0.4 is 15.9 Å². The van der Waals surface area contributed by atoms with E-state index in [1.165, 1.54) is 4.88 Å². The van der Waals surface area contributed by atoms with E-state index in [4.69, 9.17) is 15.2 Å². The number of rotatable bonds is 7. The fourth-order valence-electron chi connectivity index (χ4n) is 5.17. The number of hydrazine groups is 1. The molecule has 0 aromatic carbocycles. The van der Waals surface area contributed by atoms with Crippen LogP contribution in [0, 0.1) is 0 Å². The monoisotopic (exact) mass is 461 g/mol. The highest BCUT2D eigenvalue weighted by Crippen LogP contribution is 2.47. The number of aromatic nitrogens is 2. The Morgan fingerprint density at radius 3 is 2.81 bits per heavy atom. The van der Waals surface area contributed by atoms with Crippen LogP contribution in [-0.4, -0.2) is 70.5 Å². The zero-order chi connectivity index (χ0) is 22.1. The van der Waals surface area contributed by atoms with Gasteiger partial charge in [-0.3, -0.25) is 10.2 Å². The first-order valence-electron chi connectivity index (χ1n) is 11.6. The minimum atomic E-state index is -1.14. The molecule has 2 aromatic rings. The molecule has 174 valence electrons. The third kappa shape index (κ3) is 4.60. The fraction of sp³-hybridized carbons (Fsp3) is 0.682. The predicted octanol–water partition coefficient (Wildman–Crippen LogP) is 1.48. The first-order valence-corrected chi connectivity index (χ1v) is 12.4. The molecule has 10 heteroatoms. The number of nitrogens with zero attached hydrogens (tertiary/aromatic N) is 3. The number of carbonyl (C=O) groups is 1. The van der Waals surface area contributed by atoms with Gasteiger partial charge in [0.1, 0.15) is 23.4 Å². The van der Waals surface area contributed by atoms with Crippen LogP contribution >= 0.6 is 11.3 Å². The lowest BCUT2D eigenvalue weighted by atomic mass is 9.93. The Balaban J connectivity index is 1.27. The van der Waals surface area contributed by atoms with Gasteiger partial charge in [-0.1, -0.05) is 0 Å². The Morgan fingerprint density at radius 1 is 1.28 bits per heavy atom. The van der Waals surface area contributed by atoms with E-state index in [2.05, 4.69) is 20.4 Å². The molecule has 0 bridgehead atoms. The van der Waals surface area contributed by atoms with Crippen LogP contribution in [0.5, 0.6) is 5.88 Å². The molecule has 4 N–H and O–H groups in total. The quantitative estimate of drug-likeness (QED) is 0.567. The standard InChI is InChI=1S/C22H31N5O4S/c23-20(29)16(28)11-13-1-6-17-18(13)19-21(24-12-25-22(19)32-17)31-15-4-2-14(3-5-15)26-27-7-9-30-10-8-27/h12-16,26,28H,1-11H2,(H2,23,29)/t13-,14?,15?,16+/m1/s1. The van der Waals surface area contributed by atoms with Crippen molar-refractivity contribution >= 4 is 27.5 Å². The van der Waals surface area contributed by atoms with Gasteiger partial charge in [0, 0.05) is 24.0 Å². The van der Waals surface area contributed by atoms with Crippen molar-refractivity contribution in [3.8, 4) is 5.88 Å². The maximum absolute atomic E-state index is 11.4. The Labute approximate surface area is 191 Å². The third-order valence-electron chi connectivity index (χ3n) is 6.86. The van der Waals surface area contributed by atoms with Gasteiger partial charge < -0.3 is 20.3 Å². The molecule has 1 aliphatic heterocycles. The summed E-state index contributed by atoms with van der Waals surface area (Å²) < 4.78 is 11.9. The van der Waals surface area contributed by atoms with Crippen LogP contribution in [0.15, 0.2) is 6.33 Å². The van der Waals surface area contributed by atoms with Crippen molar-refractivity contribution in [1.82, 2.24) is 20.4 Å². The number of morpholine rings is 1. The molecule has 1 saturated carbocycles. The van der Waals surface area contributed by atoms with Crippen molar-refractivity contribution in [3.63, 3.8) is 0 Å². The number of aliphatic hydroxyl groups excluding tert-OH is 1. The van der Waals surface area contributed by atoms with E-state index >= 15 is 0 Å². The number of primary amides is 1. The maximum Gasteiger partial charge on any atom is 0.246 e. The molecule has 2 aliphatic carbocycles. The van der Waals surface area contributed by atoms with E-state index in [-0.39, 0.29) is 12.0 Å². The first-order chi connectivity index (χ1) is 15.6. The second-order valence-corrected chi connectivity index (χ2v) is 10.1. The summed E-state index contributed by atoms with van der Waals surface area (Å²) in [6, 6.07) is 0.475. The molecule has 9 nitrogen and oxygen atoms in total. The minimum absolute atomic E-state index is 0.0723. The number of fused-ring (bicyclic) bond motifs is 3. The highest BCUT2D eigenvalue weighted by molar-refractivity contribution is 7.19. The lowest BCUT2D eigenvalue weighted by Crippen LogP contribution is -2.51. The van der Waals surface area contributed by atoms with Crippen LogP contribution in [0.4, 0.5) is 0 Å². The number of nitrogens with two attached hydrogens (primary N) is 1. The summed E-state index contributed by atoms with van der Waals surface area (Å²) in [5.41, 5.74) is 10.1. The van der Waals surface area contributed by atoms with Gasteiger partial charge in [0.15, 0.2) is 0 Å². The second kappa shape index (κ2) is 9.56. The fourth-order valence-corrected chi connectivity index (χ4v) is 6.40. The molecule has 2 fully saturated rings. The predicted molar refractivity (Wildman–Crippen MR) is 120 cm³/mol. The van der Waals surface area contributed by atoms with E-state index in [0.29, 0.717) is 18.3 Å². The lowest BCUT2D eigenvalue weighted by Gasteiger charge is -2.35. The molecule has 2 aromatic heterocycles. The average molecular weight is 462 g/mol. The lowest BCUT2D eigenvalue weighted by molar-refractivity contribution is -0.126. The normalized spacial score (nSPS) is 27.3. The molecule has 5 rings (SSSR count). The van der Waals surface area contributed by atoms with E-state index in [0.717, 1.165) is 80.6 Å². The minimum Gasteiger partial charge on any atom is -0.474 e. The van der Waals surface area contributed by atoms with E-state index in [1.54, 1.807) is 17.7 Å². The number of ether oxygens (including phenoxy) is 2. The molecule has 32 heavy (non-hydrogen) atoms. The Kier molecular flexibility index (Phi) is 6.56. The number of amides is 1. The van der Waals surface area contributed by atoms with Crippen molar-refractivity contribution in [1.29, 1.82) is 0 Å². The molecule has 1 amide bonds. The number of aliphatic hydroxyl groups is 1. The molecule has 0 unspecified atom stereocenters. The summed E-state index contributed by atoms with van der Waals surface area (Å²) in [4.78, 5) is 22.5. The van der Waals surface area contributed by atoms with Gasteiger partial charge in [0.25, 0.3) is 0 Å². The highest BCUT2D eigenvalue weighted by Gasteiger charge is 2.33. The van der Waals surface area contributed by atoms with Crippen molar-refractivity contribution in [2.45, 2.75) is 69.1 Å². The summed E-state index contributed by atoms with van der Waals surface area (Å²) in [5, 5.41) is 13.3. The smallest absolute Gasteiger partial charge is 0.246 e. The van der Waals surface area contributed by atoms with Gasteiger partial charge >= 0.3 is 0 Å². The van der Waals surface area contributed by atoms with Crippen LogP contribution in [0.3, 0.4) is 0 Å². The van der Waals surface area contributed by atoms with E-state index < -0.39 is 12.0 Å². The summed E-state index contributed by atoms with van der Waals surface area (Å²) >= 11 is 1.67. The number of nitrogens with one attached hydrogen (secondary N) is 1. The number of hydrogen-bond acceptors (Lipinski definition) is 9. The van der Waals surface area contributed by atoms with E-state index in [9.17, 15) is 9.90 Å². The van der Waals surface area contributed by atoms with Gasteiger partial charge in [-0.2, -0.15) is 0 Å². The van der Waals surface area contributed by atoms with Gasteiger partial charge in [-0.05, 0) is 56.4 Å². The zero-order valence-corrected chi connectivity index (χ0v) is 19.0. The Hall–Kier alpha value is -1.85. The molecule has 0 radical (unpaired) electrons. The molecule has 3 heterocycles. The third-order valence-corrected chi connectivity index (χ3v) is 8.03. The van der Waals surface area contributed by atoms with Gasteiger partial charge in [0.2, 0.25) is 11.8 Å². The molecule has 0 spiro atoms. The van der Waals surface area contributed by atoms with Crippen molar-refractivity contribution < 1.29 is 19.4 Å². The Bertz CT molecular complexity index is 955. The van der Waals surface area contributed by atoms with Crippen LogP contribution in [0.2, 0.25) is 0 Å². The summed E-state index contributed by atoms with van der Waals surface area (Å²) in [7, 11) is 0. The Morgan fingerprint density at radius 2 is 2.06 bits per heavy atom. The first kappa shape index (κ1) is 22.0. The molecular formula is C22H31N5O4S. The topological polar surface area (TPSA) is 123 Å². The van der Waals surface area contributed by atoms with Gasteiger partial charge in [-0.25, -0.2) is 15.0 Å². The zero-order valence-electron chi connectivity index (χ0n) is 18.2. The summed E-state index contributed by atoms with van der Waals surface area (Å²) in [6.45, 7) is 3.45. The highest BCUT2D eigenvalue weighted by atomic mass is 32.1. The van der Waals surface area contributed by atoms with Crippen molar-refractivity contribution in [2.24, 2.45) is 5.73 Å². The summed E-state index contributed by atoms with van der Waals surface area (Å²) in [6.07, 6.45) is 6.79.